The summed E-state index contributed by atoms with van der Waals surface area (Å²) in [5.74, 6) is -0.107. The molecule has 0 aliphatic carbocycles. The molecule has 0 saturated carbocycles. The van der Waals surface area contributed by atoms with Gasteiger partial charge in [-0.15, -0.1) is 11.3 Å². The molecular formula is C29H37Cs2FO10S2. The van der Waals surface area contributed by atoms with E-state index in [0.717, 1.165) is 33.4 Å². The van der Waals surface area contributed by atoms with Crippen LogP contribution in [0.1, 0.15) is 67.2 Å². The number of thiophene rings is 1. The molecule has 0 radical (unpaired) electrons. The normalized spacial score (nSPS) is 9.50. The van der Waals surface area contributed by atoms with Crippen LogP contribution in [0.5, 0.6) is 11.5 Å². The molecule has 1 aromatic heterocycles. The summed E-state index contributed by atoms with van der Waals surface area (Å²) < 4.78 is 29.2. The predicted molar refractivity (Wildman–Crippen MR) is 160 cm³/mol. The van der Waals surface area contributed by atoms with E-state index in [1.54, 1.807) is 13.2 Å². The number of aromatic carboxylic acids is 1. The summed E-state index contributed by atoms with van der Waals surface area (Å²) in [4.78, 5) is 43.4. The van der Waals surface area contributed by atoms with E-state index in [9.17, 15) is 18.8 Å². The number of benzene rings is 2. The number of aryl methyl sites for hydroxylation is 2. The Hall–Kier alpha value is 0.424. The maximum atomic E-state index is 13.1. The van der Waals surface area contributed by atoms with E-state index >= 15 is 0 Å². The first-order valence-electron chi connectivity index (χ1n) is 12.5. The summed E-state index contributed by atoms with van der Waals surface area (Å²) in [6.45, 7) is 9.25. The first-order valence-corrected chi connectivity index (χ1v) is 13.9. The molecule has 0 bridgehead atoms. The van der Waals surface area contributed by atoms with E-state index in [4.69, 9.17) is 29.4 Å². The van der Waals surface area contributed by atoms with Crippen LogP contribution in [0.25, 0.3) is 10.1 Å². The second-order valence-corrected chi connectivity index (χ2v) is 10.5. The molecule has 1 N–H and O–H groups in total. The summed E-state index contributed by atoms with van der Waals surface area (Å²) >= 11 is 5.05. The van der Waals surface area contributed by atoms with E-state index in [1.807, 2.05) is 39.8 Å². The van der Waals surface area contributed by atoms with E-state index in [0.29, 0.717) is 23.3 Å². The third-order valence-corrected chi connectivity index (χ3v) is 6.35. The number of halogens is 1. The molecule has 0 amide bonds. The van der Waals surface area contributed by atoms with Crippen molar-refractivity contribution in [3.8, 4) is 11.5 Å². The Labute approximate surface area is 385 Å². The second kappa shape index (κ2) is 26.4. The van der Waals surface area contributed by atoms with Crippen molar-refractivity contribution < 1.29 is 192 Å². The SMILES string of the molecule is CC(C)(C)OC(=O)CS.CCc1cc(F)c(C=O)cc1OC.CCc1cc2sc(C(=O)O)cc2cc1OC.O=CO[O-].[Cs+].[Cs+].[H-]. The van der Waals surface area contributed by atoms with Gasteiger partial charge in [-0.1, -0.05) is 13.8 Å². The van der Waals surface area contributed by atoms with Gasteiger partial charge in [0, 0.05) is 4.70 Å². The van der Waals surface area contributed by atoms with Crippen molar-refractivity contribution in [1.82, 2.24) is 0 Å². The van der Waals surface area contributed by atoms with Crippen molar-refractivity contribution in [3.05, 3.63) is 57.7 Å². The number of esters is 1. The number of carbonyl (C=O) groups excluding carboxylic acids is 3. The number of carboxylic acids is 1. The van der Waals surface area contributed by atoms with Crippen molar-refractivity contribution in [2.75, 3.05) is 20.0 Å². The average molecular weight is 895 g/mol. The fraction of sp³-hybridized carbons (Fsp3) is 0.379. The van der Waals surface area contributed by atoms with Crippen LogP contribution in [-0.2, 0) is 32.1 Å². The minimum Gasteiger partial charge on any atom is -1.00 e. The Morgan fingerprint density at radius 2 is 1.50 bits per heavy atom. The number of hydrogen-bond acceptors (Lipinski definition) is 11. The van der Waals surface area contributed by atoms with Crippen LogP contribution in [-0.4, -0.2) is 55.4 Å². The third kappa shape index (κ3) is 18.7. The van der Waals surface area contributed by atoms with Crippen LogP contribution in [0, 0.1) is 5.82 Å². The molecule has 0 atom stereocenters. The number of ether oxygens (including phenoxy) is 3. The molecule has 0 fully saturated rings. The average Bonchev–Trinajstić information content (AvgIpc) is 3.39. The Morgan fingerprint density at radius 3 is 1.86 bits per heavy atom. The Morgan fingerprint density at radius 1 is 1.00 bits per heavy atom. The molecule has 3 rings (SSSR count). The molecule has 1 heterocycles. The monoisotopic (exact) mass is 894 g/mol. The Kier molecular flexibility index (Phi) is 29.3. The zero-order valence-electron chi connectivity index (χ0n) is 27.5. The molecule has 44 heavy (non-hydrogen) atoms. The van der Waals surface area contributed by atoms with E-state index in [2.05, 4.69) is 24.4 Å². The van der Waals surface area contributed by atoms with Crippen molar-refractivity contribution in [2.45, 2.75) is 53.1 Å². The van der Waals surface area contributed by atoms with Crippen LogP contribution < -0.4 is 153 Å². The molecule has 15 heteroatoms. The van der Waals surface area contributed by atoms with Gasteiger partial charge in [-0.25, -0.2) is 9.18 Å². The molecule has 234 valence electrons. The second-order valence-electron chi connectivity index (χ2n) is 9.07. The topological polar surface area (TPSA) is 148 Å². The number of thiol groups is 1. The van der Waals surface area contributed by atoms with E-state index < -0.39 is 11.8 Å². The van der Waals surface area contributed by atoms with E-state index in [1.165, 1.54) is 30.6 Å². The van der Waals surface area contributed by atoms with Gasteiger partial charge in [0.25, 0.3) is 6.47 Å². The van der Waals surface area contributed by atoms with Gasteiger partial charge in [0.2, 0.25) is 0 Å². The quantitative estimate of drug-likeness (QED) is 0.0969. The fourth-order valence-corrected chi connectivity index (χ4v) is 4.23. The van der Waals surface area contributed by atoms with Crippen molar-refractivity contribution in [2.24, 2.45) is 0 Å². The first kappa shape index (κ1) is 48.8. The smallest absolute Gasteiger partial charge is 1.00 e. The predicted octanol–water partition coefficient (Wildman–Crippen LogP) is -0.807. The van der Waals surface area contributed by atoms with Gasteiger partial charge in [-0.3, -0.25) is 14.4 Å². The molecule has 0 spiro atoms. The molecule has 10 nitrogen and oxygen atoms in total. The van der Waals surface area contributed by atoms with Gasteiger partial charge < -0.3 is 30.9 Å². The van der Waals surface area contributed by atoms with Crippen LogP contribution in [0.3, 0.4) is 0 Å². The van der Waals surface area contributed by atoms with Gasteiger partial charge >= 0.3 is 150 Å². The third-order valence-electron chi connectivity index (χ3n) is 5.01. The minimum absolute atomic E-state index is 0. The zero-order valence-corrected chi connectivity index (χ0v) is 40.8. The van der Waals surface area contributed by atoms with Crippen molar-refractivity contribution >= 4 is 58.7 Å². The molecule has 0 aliphatic rings. The number of rotatable bonds is 8. The molecule has 2 aromatic carbocycles. The Balaban J connectivity index is -0.000000264. The fourth-order valence-electron chi connectivity index (χ4n) is 3.22. The zero-order chi connectivity index (χ0) is 32.5. The van der Waals surface area contributed by atoms with E-state index in [-0.39, 0.29) is 169 Å². The number of methoxy groups -OCH3 is 2. The molecular weight excluding hydrogens is 857 g/mol. The van der Waals surface area contributed by atoms with Crippen LogP contribution in [0.15, 0.2) is 30.3 Å². The summed E-state index contributed by atoms with van der Waals surface area (Å²) in [5.41, 5.74) is 1.54. The van der Waals surface area contributed by atoms with Crippen LogP contribution in [0.2, 0.25) is 0 Å². The van der Waals surface area contributed by atoms with Crippen LogP contribution >= 0.6 is 24.0 Å². The molecule has 0 saturated heterocycles. The standard InChI is InChI=1S/C12H12O3S.C10H11FO2.C6H12O2S.CH2O3.2Cs.H/c1-3-7-5-10-8(4-9(7)15-2)6-11(16-10)12(13)14;1-3-7-4-9(11)8(6-12)5-10(7)13-2;1-6(2,3)8-5(7)4-9;2-1-4-3;;;/h4-6H,3H2,1-2H3,(H,13,14);4-6H,3H2,1-2H3;9H,4H2,1-3H3;1,3H;;;/q;;;;2*+1;-1/p-1. The van der Waals surface area contributed by atoms with Gasteiger partial charge in [0.1, 0.15) is 27.8 Å². The van der Waals surface area contributed by atoms with Crippen molar-refractivity contribution in [3.63, 3.8) is 0 Å². The van der Waals surface area contributed by atoms with Gasteiger partial charge in [-0.05, 0) is 80.5 Å². The maximum Gasteiger partial charge on any atom is 1.00 e. The summed E-state index contributed by atoms with van der Waals surface area (Å²) in [6, 6.07) is 8.34. The number of carbonyl (C=O) groups is 4. The molecule has 0 unspecified atom stereocenters. The summed E-state index contributed by atoms with van der Waals surface area (Å²) in [5, 5.41) is 18.3. The number of hydrogen-bond donors (Lipinski definition) is 2. The summed E-state index contributed by atoms with van der Waals surface area (Å²) in [7, 11) is 3.13. The summed E-state index contributed by atoms with van der Waals surface area (Å²) in [6.07, 6.45) is 2.04. The number of carboxylic acid groups (broad SMARTS) is 1. The largest absolute Gasteiger partial charge is 1.00 e. The van der Waals surface area contributed by atoms with Gasteiger partial charge in [-0.2, -0.15) is 12.6 Å². The molecule has 3 aromatic rings. The number of fused-ring (bicyclic) bond motifs is 1. The molecule has 0 aliphatic heterocycles. The van der Waals surface area contributed by atoms with Crippen LogP contribution in [0.4, 0.5) is 4.39 Å². The van der Waals surface area contributed by atoms with Crippen molar-refractivity contribution in [1.29, 1.82) is 0 Å². The Bertz CT molecular complexity index is 1290. The minimum atomic E-state index is -0.877. The first-order chi connectivity index (χ1) is 19.7. The maximum absolute atomic E-state index is 13.1. The van der Waals surface area contributed by atoms with Gasteiger partial charge in [0.05, 0.1) is 25.5 Å². The van der Waals surface area contributed by atoms with Gasteiger partial charge in [0.15, 0.2) is 6.29 Å². The number of aldehydes is 1.